The van der Waals surface area contributed by atoms with Crippen molar-refractivity contribution in [3.63, 3.8) is 0 Å². The Hall–Kier alpha value is -1.81. The van der Waals surface area contributed by atoms with Crippen molar-refractivity contribution in [3.8, 4) is 0 Å². The Morgan fingerprint density at radius 2 is 2.05 bits per heavy atom. The minimum atomic E-state index is -0.179. The Kier molecular flexibility index (Phi) is 4.22. The van der Waals surface area contributed by atoms with Crippen molar-refractivity contribution in [1.82, 2.24) is 0 Å². The first-order valence-electron chi connectivity index (χ1n) is 5.86. The van der Waals surface area contributed by atoms with E-state index in [2.05, 4.69) is 21.2 Å². The molecular weight excluding hydrogens is 306 g/mol. The first-order valence-corrected chi connectivity index (χ1v) is 6.65. The Labute approximate surface area is 120 Å². The number of carbonyl (C=O) groups is 1. The van der Waals surface area contributed by atoms with Gasteiger partial charge in [0.1, 0.15) is 5.76 Å². The van der Waals surface area contributed by atoms with E-state index < -0.39 is 0 Å². The zero-order valence-corrected chi connectivity index (χ0v) is 12.3. The molecule has 3 nitrogen and oxygen atoms in total. The highest BCUT2D eigenvalue weighted by Crippen LogP contribution is 2.25. The number of nitrogens with one attached hydrogen (secondary N) is 1. The number of hydrogen-bond donors (Lipinski definition) is 1. The van der Waals surface area contributed by atoms with Gasteiger partial charge < -0.3 is 9.73 Å². The molecule has 0 unspecified atom stereocenters. The van der Waals surface area contributed by atoms with E-state index in [1.54, 1.807) is 24.5 Å². The van der Waals surface area contributed by atoms with Crippen molar-refractivity contribution < 1.29 is 9.21 Å². The molecule has 2 aromatic rings. The molecule has 1 N–H and O–H groups in total. The first-order chi connectivity index (χ1) is 9.08. The standard InChI is InChI=1S/C15H14BrNO2/c1-10-11(2)14(7-6-13(10)16)17-15(18)8-5-12-4-3-9-19-12/h3-9H,1-2H3,(H,17,18)/b8-5+. The van der Waals surface area contributed by atoms with Gasteiger partial charge in [0.25, 0.3) is 0 Å². The molecule has 0 saturated heterocycles. The second-order valence-corrected chi connectivity index (χ2v) is 5.04. The summed E-state index contributed by atoms with van der Waals surface area (Å²) in [5, 5.41) is 2.85. The normalized spacial score (nSPS) is 10.9. The second kappa shape index (κ2) is 5.89. The predicted octanol–water partition coefficient (Wildman–Crippen LogP) is 4.31. The molecule has 19 heavy (non-hydrogen) atoms. The van der Waals surface area contributed by atoms with Gasteiger partial charge in [-0.2, -0.15) is 0 Å². The Morgan fingerprint density at radius 3 is 2.74 bits per heavy atom. The van der Waals surface area contributed by atoms with Gasteiger partial charge in [-0.25, -0.2) is 0 Å². The number of rotatable bonds is 3. The second-order valence-electron chi connectivity index (χ2n) is 4.18. The van der Waals surface area contributed by atoms with E-state index in [1.165, 1.54) is 6.08 Å². The van der Waals surface area contributed by atoms with Gasteiger partial charge in [-0.3, -0.25) is 4.79 Å². The summed E-state index contributed by atoms with van der Waals surface area (Å²) < 4.78 is 6.16. The number of benzene rings is 1. The van der Waals surface area contributed by atoms with Gasteiger partial charge in [0.05, 0.1) is 6.26 Å². The lowest BCUT2D eigenvalue weighted by Crippen LogP contribution is -2.09. The highest BCUT2D eigenvalue weighted by atomic mass is 79.9. The maximum atomic E-state index is 11.8. The number of halogens is 1. The van der Waals surface area contributed by atoms with Crippen molar-refractivity contribution in [3.05, 3.63) is 58.0 Å². The zero-order chi connectivity index (χ0) is 13.8. The maximum Gasteiger partial charge on any atom is 0.248 e. The highest BCUT2D eigenvalue weighted by Gasteiger charge is 2.06. The molecule has 0 spiro atoms. The van der Waals surface area contributed by atoms with Crippen LogP contribution in [0.15, 0.2) is 45.5 Å². The van der Waals surface area contributed by atoms with E-state index in [1.807, 2.05) is 26.0 Å². The van der Waals surface area contributed by atoms with E-state index in [-0.39, 0.29) is 5.91 Å². The number of hydrogen-bond acceptors (Lipinski definition) is 2. The molecule has 0 aliphatic rings. The molecule has 1 amide bonds. The maximum absolute atomic E-state index is 11.8. The smallest absolute Gasteiger partial charge is 0.248 e. The van der Waals surface area contributed by atoms with Gasteiger partial charge in [-0.1, -0.05) is 15.9 Å². The quantitative estimate of drug-likeness (QED) is 0.856. The number of furan rings is 1. The number of carbonyl (C=O) groups excluding carboxylic acids is 1. The summed E-state index contributed by atoms with van der Waals surface area (Å²) in [5.74, 6) is 0.472. The molecule has 0 bridgehead atoms. The highest BCUT2D eigenvalue weighted by molar-refractivity contribution is 9.10. The van der Waals surface area contributed by atoms with Crippen LogP contribution in [0.4, 0.5) is 5.69 Å². The van der Waals surface area contributed by atoms with Crippen LogP contribution in [-0.2, 0) is 4.79 Å². The lowest BCUT2D eigenvalue weighted by atomic mass is 10.1. The largest absolute Gasteiger partial charge is 0.465 e. The van der Waals surface area contributed by atoms with E-state index in [9.17, 15) is 4.79 Å². The van der Waals surface area contributed by atoms with Crippen LogP contribution >= 0.6 is 15.9 Å². The van der Waals surface area contributed by atoms with Crippen molar-refractivity contribution in [2.24, 2.45) is 0 Å². The summed E-state index contributed by atoms with van der Waals surface area (Å²) in [7, 11) is 0. The molecule has 0 saturated carbocycles. The van der Waals surface area contributed by atoms with Gasteiger partial charge in [0.2, 0.25) is 5.91 Å². The molecule has 1 aromatic carbocycles. The van der Waals surface area contributed by atoms with E-state index >= 15 is 0 Å². The van der Waals surface area contributed by atoms with Crippen LogP contribution < -0.4 is 5.32 Å². The molecule has 4 heteroatoms. The molecule has 0 fully saturated rings. The van der Waals surface area contributed by atoms with E-state index in [0.717, 1.165) is 21.3 Å². The monoisotopic (exact) mass is 319 g/mol. The van der Waals surface area contributed by atoms with Crippen LogP contribution in [0.3, 0.4) is 0 Å². The lowest BCUT2D eigenvalue weighted by molar-refractivity contribution is -0.111. The van der Waals surface area contributed by atoms with Crippen LogP contribution in [0.2, 0.25) is 0 Å². The SMILES string of the molecule is Cc1c(Br)ccc(NC(=O)/C=C/c2ccco2)c1C. The summed E-state index contributed by atoms with van der Waals surface area (Å²) in [6.07, 6.45) is 4.66. The molecule has 1 aromatic heterocycles. The van der Waals surface area contributed by atoms with Gasteiger partial charge >= 0.3 is 0 Å². The van der Waals surface area contributed by atoms with E-state index in [4.69, 9.17) is 4.42 Å². The average molecular weight is 320 g/mol. The molecule has 0 radical (unpaired) electrons. The van der Waals surface area contributed by atoms with Crippen molar-refractivity contribution in [1.29, 1.82) is 0 Å². The fraction of sp³-hybridized carbons (Fsp3) is 0.133. The zero-order valence-electron chi connectivity index (χ0n) is 10.7. The fourth-order valence-electron chi connectivity index (χ4n) is 1.64. The van der Waals surface area contributed by atoms with E-state index in [0.29, 0.717) is 5.76 Å². The lowest BCUT2D eigenvalue weighted by Gasteiger charge is -2.10. The third-order valence-electron chi connectivity index (χ3n) is 2.92. The van der Waals surface area contributed by atoms with Gasteiger partial charge in [-0.15, -0.1) is 0 Å². The average Bonchev–Trinajstić information content (AvgIpc) is 2.90. The third kappa shape index (κ3) is 3.35. The van der Waals surface area contributed by atoms with Crippen molar-refractivity contribution >= 4 is 33.6 Å². The topological polar surface area (TPSA) is 42.2 Å². The minimum absolute atomic E-state index is 0.179. The summed E-state index contributed by atoms with van der Waals surface area (Å²) in [4.78, 5) is 11.8. The summed E-state index contributed by atoms with van der Waals surface area (Å²) in [6.45, 7) is 3.99. The Bertz CT molecular complexity index is 615. The van der Waals surface area contributed by atoms with Crippen LogP contribution in [0.1, 0.15) is 16.9 Å². The van der Waals surface area contributed by atoms with Gasteiger partial charge in [0, 0.05) is 16.2 Å². The number of amides is 1. The summed E-state index contributed by atoms with van der Waals surface area (Å²) >= 11 is 3.46. The van der Waals surface area contributed by atoms with Crippen LogP contribution in [0.25, 0.3) is 6.08 Å². The summed E-state index contributed by atoms with van der Waals surface area (Å²) in [6, 6.07) is 7.37. The molecule has 2 rings (SSSR count). The predicted molar refractivity (Wildman–Crippen MR) is 80.0 cm³/mol. The Balaban J connectivity index is 2.09. The molecule has 98 valence electrons. The molecule has 1 heterocycles. The summed E-state index contributed by atoms with van der Waals surface area (Å²) in [5.41, 5.74) is 2.98. The van der Waals surface area contributed by atoms with Crippen molar-refractivity contribution in [2.45, 2.75) is 13.8 Å². The first kappa shape index (κ1) is 13.6. The minimum Gasteiger partial charge on any atom is -0.465 e. The molecular formula is C15H14BrNO2. The Morgan fingerprint density at radius 1 is 1.26 bits per heavy atom. The van der Waals surface area contributed by atoms with Gasteiger partial charge in [-0.05, 0) is 55.3 Å². The number of anilines is 1. The van der Waals surface area contributed by atoms with Crippen molar-refractivity contribution in [2.75, 3.05) is 5.32 Å². The molecule has 0 aliphatic heterocycles. The van der Waals surface area contributed by atoms with Gasteiger partial charge in [0.15, 0.2) is 0 Å². The fourth-order valence-corrected chi connectivity index (χ4v) is 2.07. The molecule has 0 aliphatic carbocycles. The molecule has 0 atom stereocenters. The van der Waals surface area contributed by atoms with Crippen LogP contribution in [-0.4, -0.2) is 5.91 Å². The van der Waals surface area contributed by atoms with Crippen LogP contribution in [0, 0.1) is 13.8 Å². The third-order valence-corrected chi connectivity index (χ3v) is 3.78. The van der Waals surface area contributed by atoms with Crippen LogP contribution in [0.5, 0.6) is 0 Å².